The minimum absolute atomic E-state index is 0.153. The molecule has 0 aromatic carbocycles. The minimum atomic E-state index is -2.74. The van der Waals surface area contributed by atoms with Crippen molar-refractivity contribution in [3.05, 3.63) is 64.6 Å². The maximum atomic E-state index is 13.1. The summed E-state index contributed by atoms with van der Waals surface area (Å²) in [6.45, 7) is 10.2. The highest BCUT2D eigenvalue weighted by Crippen LogP contribution is 2.31. The van der Waals surface area contributed by atoms with Crippen molar-refractivity contribution in [2.45, 2.75) is 64.7 Å². The Hall–Kier alpha value is -1.29. The van der Waals surface area contributed by atoms with Crippen molar-refractivity contribution in [3.63, 3.8) is 0 Å². The summed E-state index contributed by atoms with van der Waals surface area (Å²) in [7, 11) is 1.60. The molecule has 0 saturated carbocycles. The van der Waals surface area contributed by atoms with Gasteiger partial charge in [0.15, 0.2) is 0 Å². The van der Waals surface area contributed by atoms with Crippen molar-refractivity contribution in [1.82, 2.24) is 10.3 Å². The van der Waals surface area contributed by atoms with Gasteiger partial charge in [0.2, 0.25) is 0 Å². The topological polar surface area (TPSA) is 50.9 Å². The first-order valence-electron chi connectivity index (χ1n) is 9.85. The predicted octanol–water partition coefficient (Wildman–Crippen LogP) is 5.84. The van der Waals surface area contributed by atoms with E-state index in [4.69, 9.17) is 17.3 Å². The molecule has 1 aromatic heterocycles. The molecule has 29 heavy (non-hydrogen) atoms. The first kappa shape index (κ1) is 25.7. The fourth-order valence-corrected chi connectivity index (χ4v) is 3.57. The number of allylic oxidation sites excluding steroid dienone is 1. The standard InChI is InChI=1S/C22H33ClF2N3P/c1-5-6-7-8-20(26)19(17(4)23)14-27-12-18-10-16(3)21(28-13-18)9-15(2)11-22(24,25)29/h7-8,10,13-15,20,27H,4-6,9,11-12,26,29H2,1-3H3/b8-7-,19-14-. The van der Waals surface area contributed by atoms with Crippen LogP contribution in [0.25, 0.3) is 0 Å². The summed E-state index contributed by atoms with van der Waals surface area (Å²) in [6, 6.07) is 1.70. The Balaban J connectivity index is 2.72. The molecular weight excluding hydrogens is 411 g/mol. The molecule has 162 valence electrons. The summed E-state index contributed by atoms with van der Waals surface area (Å²) in [5, 5.41) is 3.61. The van der Waals surface area contributed by atoms with Crippen LogP contribution >= 0.6 is 20.8 Å². The highest BCUT2D eigenvalue weighted by atomic mass is 35.5. The zero-order valence-electron chi connectivity index (χ0n) is 17.5. The minimum Gasteiger partial charge on any atom is -0.386 e. The molecule has 1 heterocycles. The van der Waals surface area contributed by atoms with E-state index in [1.807, 2.05) is 32.1 Å². The van der Waals surface area contributed by atoms with Gasteiger partial charge in [-0.25, -0.2) is 8.78 Å². The summed E-state index contributed by atoms with van der Waals surface area (Å²) in [5.74, 6) is -0.153. The Morgan fingerprint density at radius 1 is 1.48 bits per heavy atom. The second kappa shape index (κ2) is 12.4. The number of nitrogens with two attached hydrogens (primary N) is 1. The number of aromatic nitrogens is 1. The van der Waals surface area contributed by atoms with Crippen LogP contribution in [-0.4, -0.2) is 16.7 Å². The Morgan fingerprint density at radius 2 is 2.17 bits per heavy atom. The molecule has 3 nitrogen and oxygen atoms in total. The average Bonchev–Trinajstić information content (AvgIpc) is 2.59. The maximum absolute atomic E-state index is 13.1. The van der Waals surface area contributed by atoms with Gasteiger partial charge in [-0.15, -0.1) is 0 Å². The van der Waals surface area contributed by atoms with E-state index in [-0.39, 0.29) is 18.4 Å². The molecule has 3 unspecified atom stereocenters. The normalized spacial score (nSPS) is 14.8. The fraction of sp³-hybridized carbons (Fsp3) is 0.500. The Labute approximate surface area is 181 Å². The van der Waals surface area contributed by atoms with E-state index in [0.717, 1.165) is 35.2 Å². The van der Waals surface area contributed by atoms with E-state index >= 15 is 0 Å². The summed E-state index contributed by atoms with van der Waals surface area (Å²) in [5.41, 5.74) is 6.99. The molecule has 0 fully saturated rings. The van der Waals surface area contributed by atoms with E-state index in [1.54, 1.807) is 21.6 Å². The van der Waals surface area contributed by atoms with Crippen molar-refractivity contribution in [2.24, 2.45) is 11.7 Å². The van der Waals surface area contributed by atoms with Crippen molar-refractivity contribution in [1.29, 1.82) is 0 Å². The Morgan fingerprint density at radius 3 is 2.72 bits per heavy atom. The summed E-state index contributed by atoms with van der Waals surface area (Å²) in [6.07, 6.45) is 9.89. The molecule has 0 saturated heterocycles. The number of hydrogen-bond donors (Lipinski definition) is 2. The predicted molar refractivity (Wildman–Crippen MR) is 123 cm³/mol. The molecule has 7 heteroatoms. The molecule has 0 spiro atoms. The molecule has 1 rings (SSSR count). The van der Waals surface area contributed by atoms with Gasteiger partial charge in [0, 0.05) is 41.7 Å². The van der Waals surface area contributed by atoms with Gasteiger partial charge in [-0.3, -0.25) is 4.98 Å². The number of hydrogen-bond acceptors (Lipinski definition) is 3. The van der Waals surface area contributed by atoms with E-state index in [1.165, 1.54) is 0 Å². The van der Waals surface area contributed by atoms with Crippen LogP contribution < -0.4 is 11.1 Å². The zero-order valence-corrected chi connectivity index (χ0v) is 19.4. The molecule has 1 aromatic rings. The second-order valence-electron chi connectivity index (χ2n) is 7.51. The smallest absolute Gasteiger partial charge is 0.259 e. The molecule has 3 N–H and O–H groups in total. The van der Waals surface area contributed by atoms with Gasteiger partial charge in [0.1, 0.15) is 0 Å². The van der Waals surface area contributed by atoms with Crippen LogP contribution in [0.5, 0.6) is 0 Å². The zero-order chi connectivity index (χ0) is 22.0. The summed E-state index contributed by atoms with van der Waals surface area (Å²) in [4.78, 5) is 4.47. The largest absolute Gasteiger partial charge is 0.386 e. The van der Waals surface area contributed by atoms with Crippen LogP contribution in [0.4, 0.5) is 8.78 Å². The molecule has 0 amide bonds. The highest BCUT2D eigenvalue weighted by molar-refractivity contribution is 7.18. The molecule has 0 bridgehead atoms. The van der Waals surface area contributed by atoms with Crippen molar-refractivity contribution in [3.8, 4) is 0 Å². The summed E-state index contributed by atoms with van der Waals surface area (Å²) < 4.78 is 26.3. The van der Waals surface area contributed by atoms with Crippen LogP contribution in [-0.2, 0) is 13.0 Å². The van der Waals surface area contributed by atoms with Crippen LogP contribution in [0.3, 0.4) is 0 Å². The summed E-state index contributed by atoms with van der Waals surface area (Å²) >= 11 is 6.09. The highest BCUT2D eigenvalue weighted by Gasteiger charge is 2.25. The number of aryl methyl sites for hydroxylation is 1. The van der Waals surface area contributed by atoms with Crippen molar-refractivity contribution < 1.29 is 8.78 Å². The average molecular weight is 444 g/mol. The molecule has 3 atom stereocenters. The van der Waals surface area contributed by atoms with Gasteiger partial charge in [-0.05, 0) is 36.8 Å². The quantitative estimate of drug-likeness (QED) is 0.242. The van der Waals surface area contributed by atoms with Gasteiger partial charge in [0.05, 0.1) is 6.04 Å². The Bertz CT molecular complexity index is 729. The van der Waals surface area contributed by atoms with Crippen LogP contribution in [0.15, 0.2) is 47.8 Å². The third-order valence-electron chi connectivity index (χ3n) is 4.44. The van der Waals surface area contributed by atoms with E-state index < -0.39 is 5.66 Å². The number of alkyl halides is 2. The molecular formula is C22H33ClF2N3P. The van der Waals surface area contributed by atoms with Gasteiger partial charge < -0.3 is 11.1 Å². The van der Waals surface area contributed by atoms with Crippen LogP contribution in [0.1, 0.15) is 49.9 Å². The van der Waals surface area contributed by atoms with Gasteiger partial charge in [-0.2, -0.15) is 0 Å². The first-order chi connectivity index (χ1) is 13.5. The van der Waals surface area contributed by atoms with Crippen LogP contribution in [0, 0.1) is 12.8 Å². The lowest BCUT2D eigenvalue weighted by molar-refractivity contribution is 0.0766. The molecule has 0 aliphatic carbocycles. The Kier molecular flexibility index (Phi) is 11.0. The first-order valence-corrected chi connectivity index (χ1v) is 10.8. The monoisotopic (exact) mass is 443 g/mol. The lowest BCUT2D eigenvalue weighted by Crippen LogP contribution is -2.22. The third kappa shape index (κ3) is 10.3. The number of unbranched alkanes of at least 4 members (excludes halogenated alkanes) is 1. The maximum Gasteiger partial charge on any atom is 0.259 e. The third-order valence-corrected chi connectivity index (χ3v) is 4.89. The lowest BCUT2D eigenvalue weighted by Gasteiger charge is -2.17. The van der Waals surface area contributed by atoms with E-state index in [9.17, 15) is 8.78 Å². The number of halogens is 3. The number of pyridine rings is 1. The molecule has 0 aliphatic heterocycles. The molecule has 0 aliphatic rings. The van der Waals surface area contributed by atoms with E-state index in [2.05, 4.69) is 23.8 Å². The van der Waals surface area contributed by atoms with Gasteiger partial charge in [-0.1, -0.05) is 65.9 Å². The number of nitrogens with one attached hydrogen (secondary N) is 1. The van der Waals surface area contributed by atoms with Gasteiger partial charge in [0.25, 0.3) is 5.66 Å². The number of rotatable bonds is 12. The fourth-order valence-electron chi connectivity index (χ4n) is 2.99. The van der Waals surface area contributed by atoms with Gasteiger partial charge >= 0.3 is 0 Å². The van der Waals surface area contributed by atoms with Crippen molar-refractivity contribution >= 4 is 20.8 Å². The van der Waals surface area contributed by atoms with Crippen LogP contribution in [0.2, 0.25) is 0 Å². The lowest BCUT2D eigenvalue weighted by atomic mass is 9.98. The SMILES string of the molecule is C=C(Cl)/C(=C/NCc1cnc(CC(C)CC(F)(F)P)c(C)c1)C(N)/C=C\CCC. The molecule has 0 radical (unpaired) electrons. The van der Waals surface area contributed by atoms with E-state index in [0.29, 0.717) is 18.0 Å². The second-order valence-corrected chi connectivity index (χ2v) is 8.81. The number of nitrogens with zero attached hydrogens (tertiary/aromatic N) is 1. The van der Waals surface area contributed by atoms with Crippen molar-refractivity contribution in [2.75, 3.05) is 0 Å².